The standard InChI is InChI=1S/C25H32N4O5S/c26-20-12-14-21(15-13-20)27-23(30)24-28(25(31)34-22-10-5-2-6-11-22)16-7-17-29(24)35(32,33)18-19-8-3-1-4-9-19/h1-6,8-11,20-21,24H,7,12-18,26H2,(H,27,30). The molecule has 1 unspecified atom stereocenters. The number of hydrogen-bond donors (Lipinski definition) is 2. The van der Waals surface area contributed by atoms with Gasteiger partial charge in [-0.15, -0.1) is 0 Å². The molecule has 1 aliphatic heterocycles. The SMILES string of the molecule is NC1CCC(NC(=O)C2N(C(=O)Oc3ccccc3)CCCN2S(=O)(=O)Cc2ccccc2)CC1. The number of ether oxygens (including phenoxy) is 1. The van der Waals surface area contributed by atoms with E-state index in [1.165, 1.54) is 4.90 Å². The Bertz CT molecular complexity index is 1110. The molecule has 188 valence electrons. The topological polar surface area (TPSA) is 122 Å². The number of amides is 2. The van der Waals surface area contributed by atoms with Crippen LogP contribution >= 0.6 is 0 Å². The van der Waals surface area contributed by atoms with E-state index in [9.17, 15) is 18.0 Å². The fourth-order valence-electron chi connectivity index (χ4n) is 4.61. The minimum atomic E-state index is -3.92. The monoisotopic (exact) mass is 500 g/mol. The molecule has 1 atom stereocenters. The zero-order chi connectivity index (χ0) is 24.8. The molecule has 2 aliphatic rings. The van der Waals surface area contributed by atoms with Crippen molar-refractivity contribution in [1.82, 2.24) is 14.5 Å². The zero-order valence-electron chi connectivity index (χ0n) is 19.6. The van der Waals surface area contributed by atoms with Crippen LogP contribution in [0.3, 0.4) is 0 Å². The quantitative estimate of drug-likeness (QED) is 0.628. The highest BCUT2D eigenvalue weighted by Crippen LogP contribution is 2.25. The molecule has 2 aromatic carbocycles. The number of sulfonamides is 1. The third kappa shape index (κ3) is 6.39. The number of hydrogen-bond acceptors (Lipinski definition) is 6. The molecular weight excluding hydrogens is 468 g/mol. The van der Waals surface area contributed by atoms with Crippen LogP contribution < -0.4 is 15.8 Å². The predicted molar refractivity (Wildman–Crippen MR) is 132 cm³/mol. The summed E-state index contributed by atoms with van der Waals surface area (Å²) >= 11 is 0. The maximum absolute atomic E-state index is 13.5. The lowest BCUT2D eigenvalue weighted by Crippen LogP contribution is -2.64. The third-order valence-electron chi connectivity index (χ3n) is 6.43. The average molecular weight is 501 g/mol. The van der Waals surface area contributed by atoms with Crippen LogP contribution in [0.25, 0.3) is 0 Å². The molecule has 2 amide bonds. The van der Waals surface area contributed by atoms with Gasteiger partial charge in [0.15, 0.2) is 6.17 Å². The summed E-state index contributed by atoms with van der Waals surface area (Å²) in [5.41, 5.74) is 6.60. The van der Waals surface area contributed by atoms with Crippen LogP contribution in [-0.4, -0.2) is 61.0 Å². The van der Waals surface area contributed by atoms with Crippen LogP contribution in [-0.2, 0) is 20.6 Å². The van der Waals surface area contributed by atoms with Gasteiger partial charge in [-0.2, -0.15) is 4.31 Å². The van der Waals surface area contributed by atoms with Crippen molar-refractivity contribution in [2.24, 2.45) is 5.73 Å². The Hall–Kier alpha value is -2.95. The predicted octanol–water partition coefficient (Wildman–Crippen LogP) is 2.44. The fraction of sp³-hybridized carbons (Fsp3) is 0.440. The van der Waals surface area contributed by atoms with Crippen LogP contribution in [0.4, 0.5) is 4.79 Å². The van der Waals surface area contributed by atoms with Crippen molar-refractivity contribution >= 4 is 22.0 Å². The van der Waals surface area contributed by atoms with Crippen molar-refractivity contribution in [3.05, 3.63) is 66.2 Å². The lowest BCUT2D eigenvalue weighted by Gasteiger charge is -2.41. The first kappa shape index (κ1) is 25.2. The van der Waals surface area contributed by atoms with Crippen molar-refractivity contribution in [1.29, 1.82) is 0 Å². The van der Waals surface area contributed by atoms with E-state index in [0.29, 0.717) is 30.6 Å². The summed E-state index contributed by atoms with van der Waals surface area (Å²) < 4.78 is 33.6. The largest absolute Gasteiger partial charge is 0.416 e. The molecule has 1 aliphatic carbocycles. The second-order valence-electron chi connectivity index (χ2n) is 9.07. The van der Waals surface area contributed by atoms with Gasteiger partial charge in [-0.25, -0.2) is 13.2 Å². The van der Waals surface area contributed by atoms with Gasteiger partial charge in [-0.3, -0.25) is 9.69 Å². The number of carbonyl (C=O) groups is 2. The molecular formula is C25H32N4O5S. The summed E-state index contributed by atoms with van der Waals surface area (Å²) in [6, 6.07) is 17.3. The van der Waals surface area contributed by atoms with Gasteiger partial charge in [0.1, 0.15) is 5.75 Å². The minimum absolute atomic E-state index is 0.109. The molecule has 0 spiro atoms. The Morgan fingerprint density at radius 2 is 1.57 bits per heavy atom. The van der Waals surface area contributed by atoms with Crippen LogP contribution in [0.15, 0.2) is 60.7 Å². The second-order valence-corrected chi connectivity index (χ2v) is 11.0. The van der Waals surface area contributed by atoms with Crippen LogP contribution in [0.5, 0.6) is 5.75 Å². The first-order chi connectivity index (χ1) is 16.8. The van der Waals surface area contributed by atoms with E-state index in [2.05, 4.69) is 5.32 Å². The Morgan fingerprint density at radius 3 is 2.23 bits per heavy atom. The fourth-order valence-corrected chi connectivity index (χ4v) is 6.31. The molecule has 2 aromatic rings. The highest BCUT2D eigenvalue weighted by atomic mass is 32.2. The molecule has 0 radical (unpaired) electrons. The third-order valence-corrected chi connectivity index (χ3v) is 8.23. The van der Waals surface area contributed by atoms with Gasteiger partial charge in [0, 0.05) is 25.2 Å². The normalized spacial score (nSPS) is 23.5. The lowest BCUT2D eigenvalue weighted by atomic mass is 9.92. The Balaban J connectivity index is 1.59. The summed E-state index contributed by atoms with van der Waals surface area (Å²) in [5.74, 6) is -0.466. The van der Waals surface area contributed by atoms with Crippen LogP contribution in [0, 0.1) is 0 Å². The van der Waals surface area contributed by atoms with Crippen LogP contribution in [0.2, 0.25) is 0 Å². The average Bonchev–Trinajstić information content (AvgIpc) is 2.86. The van der Waals surface area contributed by atoms with Crippen LogP contribution in [0.1, 0.15) is 37.7 Å². The maximum Gasteiger partial charge on any atom is 0.416 e. The minimum Gasteiger partial charge on any atom is -0.410 e. The number of nitrogens with two attached hydrogens (primary N) is 1. The first-order valence-electron chi connectivity index (χ1n) is 12.0. The number of para-hydroxylation sites is 1. The van der Waals surface area contributed by atoms with Crippen molar-refractivity contribution in [3.8, 4) is 5.75 Å². The van der Waals surface area contributed by atoms with Gasteiger partial charge in [-0.1, -0.05) is 48.5 Å². The molecule has 10 heteroatoms. The number of carbonyl (C=O) groups excluding carboxylic acids is 2. The molecule has 1 heterocycles. The molecule has 3 N–H and O–H groups in total. The van der Waals surface area contributed by atoms with Gasteiger partial charge in [0.25, 0.3) is 5.91 Å². The molecule has 0 bridgehead atoms. The molecule has 35 heavy (non-hydrogen) atoms. The van der Waals surface area contributed by atoms with Gasteiger partial charge >= 0.3 is 6.09 Å². The number of rotatable bonds is 6. The van der Waals surface area contributed by atoms with E-state index in [0.717, 1.165) is 17.1 Å². The molecule has 1 saturated heterocycles. The summed E-state index contributed by atoms with van der Waals surface area (Å²) in [6.45, 7) is 0.342. The Morgan fingerprint density at radius 1 is 0.943 bits per heavy atom. The van der Waals surface area contributed by atoms with E-state index >= 15 is 0 Å². The molecule has 0 aromatic heterocycles. The van der Waals surface area contributed by atoms with E-state index in [1.54, 1.807) is 54.6 Å². The van der Waals surface area contributed by atoms with E-state index in [4.69, 9.17) is 10.5 Å². The molecule has 1 saturated carbocycles. The van der Waals surface area contributed by atoms with Gasteiger partial charge in [0.2, 0.25) is 10.0 Å². The zero-order valence-corrected chi connectivity index (χ0v) is 20.4. The first-order valence-corrected chi connectivity index (χ1v) is 13.6. The van der Waals surface area contributed by atoms with Crippen molar-refractivity contribution in [3.63, 3.8) is 0 Å². The summed E-state index contributed by atoms with van der Waals surface area (Å²) in [7, 11) is -3.92. The lowest BCUT2D eigenvalue weighted by molar-refractivity contribution is -0.132. The molecule has 9 nitrogen and oxygen atoms in total. The number of nitrogens with zero attached hydrogens (tertiary/aromatic N) is 2. The summed E-state index contributed by atoms with van der Waals surface area (Å²) in [4.78, 5) is 27.9. The highest BCUT2D eigenvalue weighted by Gasteiger charge is 2.44. The number of benzene rings is 2. The van der Waals surface area contributed by atoms with Crippen molar-refractivity contribution in [2.75, 3.05) is 13.1 Å². The van der Waals surface area contributed by atoms with Gasteiger partial charge < -0.3 is 15.8 Å². The molecule has 2 fully saturated rings. The van der Waals surface area contributed by atoms with Gasteiger partial charge in [0.05, 0.1) is 5.75 Å². The summed E-state index contributed by atoms with van der Waals surface area (Å²) in [6.07, 6.45) is 1.29. The van der Waals surface area contributed by atoms with Crippen molar-refractivity contribution in [2.45, 2.75) is 56.1 Å². The smallest absolute Gasteiger partial charge is 0.410 e. The maximum atomic E-state index is 13.5. The molecule has 4 rings (SSSR count). The van der Waals surface area contributed by atoms with E-state index in [1.807, 2.05) is 6.07 Å². The second kappa shape index (κ2) is 11.2. The van der Waals surface area contributed by atoms with Gasteiger partial charge in [-0.05, 0) is 49.8 Å². The van der Waals surface area contributed by atoms with Crippen molar-refractivity contribution < 1.29 is 22.7 Å². The highest BCUT2D eigenvalue weighted by molar-refractivity contribution is 7.88. The number of nitrogens with one attached hydrogen (secondary N) is 1. The Labute approximate surface area is 206 Å². The Kier molecular flexibility index (Phi) is 8.04. The van der Waals surface area contributed by atoms with E-state index < -0.39 is 28.2 Å². The summed E-state index contributed by atoms with van der Waals surface area (Å²) in [5, 5.41) is 2.97. The van der Waals surface area contributed by atoms with E-state index in [-0.39, 0.29) is 30.9 Å².